The lowest BCUT2D eigenvalue weighted by Gasteiger charge is -2.09. The second kappa shape index (κ2) is 4.19. The topological polar surface area (TPSA) is 17.8 Å². The van der Waals surface area contributed by atoms with E-state index in [1.54, 1.807) is 0 Å². The van der Waals surface area contributed by atoms with E-state index in [0.717, 1.165) is 16.1 Å². The van der Waals surface area contributed by atoms with E-state index >= 15 is 0 Å². The number of hydrogen-bond donors (Lipinski definition) is 0. The van der Waals surface area contributed by atoms with Crippen LogP contribution in [0.5, 0.6) is 0 Å². The van der Waals surface area contributed by atoms with Crippen molar-refractivity contribution in [3.63, 3.8) is 0 Å². The molecule has 1 aromatic carbocycles. The summed E-state index contributed by atoms with van der Waals surface area (Å²) in [6.45, 7) is 4.29. The minimum Gasteiger partial charge on any atom is -0.302 e. The molecule has 0 atom stereocenters. The van der Waals surface area contributed by atoms with E-state index < -0.39 is 0 Å². The Kier molecular flexibility index (Phi) is 2.91. The van der Waals surface area contributed by atoms with Crippen molar-refractivity contribution in [1.82, 2.24) is 9.55 Å². The van der Waals surface area contributed by atoms with Gasteiger partial charge >= 0.3 is 0 Å². The van der Waals surface area contributed by atoms with E-state index in [4.69, 9.17) is 0 Å². The van der Waals surface area contributed by atoms with Gasteiger partial charge < -0.3 is 4.57 Å². The highest BCUT2D eigenvalue weighted by Gasteiger charge is 2.10. The molecule has 1 aromatic heterocycles. The molecule has 0 N–H and O–H groups in total. The van der Waals surface area contributed by atoms with Crippen LogP contribution in [0.15, 0.2) is 41.1 Å². The summed E-state index contributed by atoms with van der Waals surface area (Å²) >= 11 is 3.42. The van der Waals surface area contributed by atoms with Crippen molar-refractivity contribution >= 4 is 15.9 Å². The zero-order valence-corrected chi connectivity index (χ0v) is 10.4. The molecule has 0 aliphatic carbocycles. The van der Waals surface area contributed by atoms with Gasteiger partial charge in [0.25, 0.3) is 0 Å². The van der Waals surface area contributed by atoms with Crippen molar-refractivity contribution in [2.45, 2.75) is 19.8 Å². The summed E-state index contributed by atoms with van der Waals surface area (Å²) in [4.78, 5) is 4.47. The van der Waals surface area contributed by atoms with Crippen LogP contribution in [0, 0.1) is 0 Å². The van der Waals surface area contributed by atoms with Gasteiger partial charge in [0.1, 0.15) is 10.4 Å². The average Bonchev–Trinajstić information content (AvgIpc) is 2.62. The highest BCUT2D eigenvalue weighted by Crippen LogP contribution is 2.21. The summed E-state index contributed by atoms with van der Waals surface area (Å²) < 4.78 is 3.00. The van der Waals surface area contributed by atoms with Gasteiger partial charge in [-0.1, -0.05) is 32.0 Å². The van der Waals surface area contributed by atoms with Crippen LogP contribution in [-0.2, 0) is 0 Å². The maximum Gasteiger partial charge on any atom is 0.124 e. The predicted molar refractivity (Wildman–Crippen MR) is 65.4 cm³/mol. The molecule has 0 aliphatic rings. The molecule has 15 heavy (non-hydrogen) atoms. The molecule has 0 saturated heterocycles. The van der Waals surface area contributed by atoms with Crippen LogP contribution in [0.1, 0.15) is 25.6 Å². The number of halogens is 1. The SMILES string of the molecule is CC(C)c1nc(Br)cn1-c1ccccc1. The molecule has 0 radical (unpaired) electrons. The molecule has 0 aliphatic heterocycles. The maximum atomic E-state index is 4.47. The first kappa shape index (κ1) is 10.4. The molecule has 0 bridgehead atoms. The Hall–Kier alpha value is -1.09. The van der Waals surface area contributed by atoms with Crippen LogP contribution in [0.3, 0.4) is 0 Å². The van der Waals surface area contributed by atoms with Gasteiger partial charge in [0, 0.05) is 17.8 Å². The third-order valence-corrected chi connectivity index (χ3v) is 2.64. The lowest BCUT2D eigenvalue weighted by atomic mass is 10.2. The van der Waals surface area contributed by atoms with Crippen LogP contribution < -0.4 is 0 Å². The van der Waals surface area contributed by atoms with Crippen LogP contribution in [-0.4, -0.2) is 9.55 Å². The number of nitrogens with zero attached hydrogens (tertiary/aromatic N) is 2. The van der Waals surface area contributed by atoms with E-state index in [2.05, 4.69) is 51.5 Å². The molecule has 2 nitrogen and oxygen atoms in total. The molecule has 3 heteroatoms. The summed E-state index contributed by atoms with van der Waals surface area (Å²) in [5, 5.41) is 0. The molecular weight excluding hydrogens is 252 g/mol. The molecule has 0 saturated carbocycles. The third kappa shape index (κ3) is 2.12. The Morgan fingerprint density at radius 2 is 1.87 bits per heavy atom. The lowest BCUT2D eigenvalue weighted by Crippen LogP contribution is -2.01. The van der Waals surface area contributed by atoms with Crippen molar-refractivity contribution in [1.29, 1.82) is 0 Å². The van der Waals surface area contributed by atoms with Crippen molar-refractivity contribution < 1.29 is 0 Å². The van der Waals surface area contributed by atoms with Gasteiger partial charge in [-0.25, -0.2) is 4.98 Å². The van der Waals surface area contributed by atoms with Crippen molar-refractivity contribution in [2.75, 3.05) is 0 Å². The van der Waals surface area contributed by atoms with E-state index in [1.807, 2.05) is 24.4 Å². The summed E-state index contributed by atoms with van der Waals surface area (Å²) in [5.41, 5.74) is 1.15. The minimum absolute atomic E-state index is 0.413. The fourth-order valence-electron chi connectivity index (χ4n) is 1.57. The molecule has 2 rings (SSSR count). The second-order valence-electron chi connectivity index (χ2n) is 3.78. The van der Waals surface area contributed by atoms with Crippen LogP contribution in [0.25, 0.3) is 5.69 Å². The van der Waals surface area contributed by atoms with E-state index in [1.165, 1.54) is 0 Å². The molecular formula is C12H13BrN2. The Morgan fingerprint density at radius 3 is 2.47 bits per heavy atom. The lowest BCUT2D eigenvalue weighted by molar-refractivity contribution is 0.751. The van der Waals surface area contributed by atoms with Gasteiger partial charge in [-0.3, -0.25) is 0 Å². The molecule has 1 heterocycles. The zero-order valence-electron chi connectivity index (χ0n) is 8.81. The first-order valence-electron chi connectivity index (χ1n) is 4.98. The third-order valence-electron chi connectivity index (χ3n) is 2.25. The Balaban J connectivity index is 2.53. The number of benzene rings is 1. The highest BCUT2D eigenvalue weighted by atomic mass is 79.9. The number of hydrogen-bond acceptors (Lipinski definition) is 1. The van der Waals surface area contributed by atoms with Crippen molar-refractivity contribution in [3.8, 4) is 5.69 Å². The monoisotopic (exact) mass is 264 g/mol. The van der Waals surface area contributed by atoms with Gasteiger partial charge in [0.05, 0.1) is 0 Å². The Labute approximate surface area is 98.1 Å². The zero-order chi connectivity index (χ0) is 10.8. The average molecular weight is 265 g/mol. The molecule has 0 spiro atoms. The first-order chi connectivity index (χ1) is 7.18. The molecule has 0 fully saturated rings. The quantitative estimate of drug-likeness (QED) is 0.808. The van der Waals surface area contributed by atoms with Crippen molar-refractivity contribution in [2.24, 2.45) is 0 Å². The van der Waals surface area contributed by atoms with Crippen LogP contribution in [0.2, 0.25) is 0 Å². The summed E-state index contributed by atoms with van der Waals surface area (Å²) in [7, 11) is 0. The smallest absolute Gasteiger partial charge is 0.124 e. The largest absolute Gasteiger partial charge is 0.302 e. The standard InChI is InChI=1S/C12H13BrN2/c1-9(2)12-14-11(13)8-15(12)10-6-4-3-5-7-10/h3-9H,1-2H3. The number of imidazole rings is 1. The Morgan fingerprint density at radius 1 is 1.20 bits per heavy atom. The normalized spacial score (nSPS) is 10.9. The number of para-hydroxylation sites is 1. The number of rotatable bonds is 2. The van der Waals surface area contributed by atoms with Gasteiger partial charge in [-0.2, -0.15) is 0 Å². The minimum atomic E-state index is 0.413. The maximum absolute atomic E-state index is 4.47. The van der Waals surface area contributed by atoms with E-state index in [9.17, 15) is 0 Å². The fourth-order valence-corrected chi connectivity index (χ4v) is 1.95. The second-order valence-corrected chi connectivity index (χ2v) is 4.59. The van der Waals surface area contributed by atoms with Gasteiger partial charge in [-0.15, -0.1) is 0 Å². The summed E-state index contributed by atoms with van der Waals surface area (Å²) in [5.74, 6) is 1.49. The van der Waals surface area contributed by atoms with Crippen LogP contribution in [0.4, 0.5) is 0 Å². The highest BCUT2D eigenvalue weighted by molar-refractivity contribution is 9.10. The Bertz CT molecular complexity index is 446. The van der Waals surface area contributed by atoms with E-state index in [0.29, 0.717) is 5.92 Å². The van der Waals surface area contributed by atoms with Crippen molar-refractivity contribution in [3.05, 3.63) is 47.0 Å². The molecule has 0 unspecified atom stereocenters. The predicted octanol–water partition coefficient (Wildman–Crippen LogP) is 3.76. The van der Waals surface area contributed by atoms with Gasteiger partial charge in [-0.05, 0) is 28.1 Å². The number of aromatic nitrogens is 2. The molecule has 2 aromatic rings. The first-order valence-corrected chi connectivity index (χ1v) is 5.78. The summed E-state index contributed by atoms with van der Waals surface area (Å²) in [6.07, 6.45) is 2.00. The van der Waals surface area contributed by atoms with E-state index in [-0.39, 0.29) is 0 Å². The fraction of sp³-hybridized carbons (Fsp3) is 0.250. The van der Waals surface area contributed by atoms with Crippen LogP contribution >= 0.6 is 15.9 Å². The van der Waals surface area contributed by atoms with Gasteiger partial charge in [0.2, 0.25) is 0 Å². The molecule has 0 amide bonds. The van der Waals surface area contributed by atoms with Gasteiger partial charge in [0.15, 0.2) is 0 Å². The molecule has 78 valence electrons. The summed E-state index contributed by atoms with van der Waals surface area (Å²) in [6, 6.07) is 10.3.